The fourth-order valence-corrected chi connectivity index (χ4v) is 2.71. The van der Waals surface area contributed by atoms with Crippen molar-refractivity contribution in [3.05, 3.63) is 34.6 Å². The molecule has 16 heavy (non-hydrogen) atoms. The fourth-order valence-electron chi connectivity index (χ4n) is 2.71. The van der Waals surface area contributed by atoms with Gasteiger partial charge in [0.25, 0.3) is 0 Å². The Hall–Kier alpha value is -0.890. The number of hydrogen-bond acceptors (Lipinski definition) is 1. The van der Waals surface area contributed by atoms with E-state index in [0.29, 0.717) is 5.92 Å². The fraction of sp³-hybridized carbons (Fsp3) is 0.571. The maximum absolute atomic E-state index is 14.0. The molecule has 1 saturated carbocycles. The Morgan fingerprint density at radius 1 is 1.31 bits per heavy atom. The van der Waals surface area contributed by atoms with Crippen molar-refractivity contribution < 1.29 is 4.39 Å². The summed E-state index contributed by atoms with van der Waals surface area (Å²) in [7, 11) is 1.93. The summed E-state index contributed by atoms with van der Waals surface area (Å²) in [5.74, 6) is 0.560. The molecule has 1 unspecified atom stereocenters. The Balaban J connectivity index is 2.36. The van der Waals surface area contributed by atoms with E-state index in [2.05, 4.69) is 11.4 Å². The van der Waals surface area contributed by atoms with Crippen molar-refractivity contribution in [3.63, 3.8) is 0 Å². The zero-order valence-electron chi connectivity index (χ0n) is 10.3. The second-order valence-corrected chi connectivity index (χ2v) is 4.93. The minimum absolute atomic E-state index is 0.0521. The summed E-state index contributed by atoms with van der Waals surface area (Å²) >= 11 is 0. The number of nitrogens with one attached hydrogen (secondary N) is 1. The number of aryl methyl sites for hydroxylation is 2. The molecular weight excluding hydrogens is 201 g/mol. The van der Waals surface area contributed by atoms with E-state index in [-0.39, 0.29) is 11.9 Å². The lowest BCUT2D eigenvalue weighted by Gasteiger charge is -2.35. The molecule has 0 radical (unpaired) electrons. The van der Waals surface area contributed by atoms with Crippen LogP contribution in [-0.2, 0) is 0 Å². The van der Waals surface area contributed by atoms with Crippen molar-refractivity contribution >= 4 is 0 Å². The van der Waals surface area contributed by atoms with Crippen molar-refractivity contribution in [2.75, 3.05) is 7.05 Å². The van der Waals surface area contributed by atoms with Gasteiger partial charge in [0.1, 0.15) is 5.82 Å². The highest BCUT2D eigenvalue weighted by Crippen LogP contribution is 2.39. The molecule has 2 rings (SSSR count). The van der Waals surface area contributed by atoms with E-state index in [1.165, 1.54) is 19.3 Å². The SMILES string of the molecule is CNC(c1c(C)cc(C)cc1F)C1CCC1. The van der Waals surface area contributed by atoms with E-state index in [1.807, 2.05) is 20.9 Å². The standard InChI is InChI=1S/C14H20FN/c1-9-7-10(2)13(12(15)8-9)14(16-3)11-5-4-6-11/h7-8,11,14,16H,4-6H2,1-3H3. The molecular formula is C14H20FN. The van der Waals surface area contributed by atoms with Crippen LogP contribution in [0.15, 0.2) is 12.1 Å². The van der Waals surface area contributed by atoms with Gasteiger partial charge in [0.05, 0.1) is 0 Å². The van der Waals surface area contributed by atoms with Crippen LogP contribution < -0.4 is 5.32 Å². The molecule has 0 bridgehead atoms. The second-order valence-electron chi connectivity index (χ2n) is 4.93. The Bertz CT molecular complexity index is 359. The third kappa shape index (κ3) is 1.99. The summed E-state index contributed by atoms with van der Waals surface area (Å²) in [6, 6.07) is 3.90. The van der Waals surface area contributed by atoms with Gasteiger partial charge in [-0.25, -0.2) is 4.39 Å². The zero-order valence-corrected chi connectivity index (χ0v) is 10.3. The third-order valence-electron chi connectivity index (χ3n) is 3.72. The highest BCUT2D eigenvalue weighted by atomic mass is 19.1. The van der Waals surface area contributed by atoms with Gasteiger partial charge in [-0.3, -0.25) is 0 Å². The average Bonchev–Trinajstić information content (AvgIpc) is 2.11. The van der Waals surface area contributed by atoms with E-state index in [0.717, 1.165) is 16.7 Å². The Kier molecular flexibility index (Phi) is 3.29. The highest BCUT2D eigenvalue weighted by molar-refractivity contribution is 5.35. The zero-order chi connectivity index (χ0) is 11.7. The minimum atomic E-state index is -0.0521. The molecule has 1 aliphatic rings. The first-order chi connectivity index (χ1) is 7.63. The summed E-state index contributed by atoms with van der Waals surface area (Å²) in [6.07, 6.45) is 3.73. The molecule has 88 valence electrons. The van der Waals surface area contributed by atoms with Crippen LogP contribution in [0.4, 0.5) is 4.39 Å². The molecule has 1 aromatic rings. The van der Waals surface area contributed by atoms with Crippen LogP contribution in [0.2, 0.25) is 0 Å². The summed E-state index contributed by atoms with van der Waals surface area (Å²) in [6.45, 7) is 3.95. The van der Waals surface area contributed by atoms with Gasteiger partial charge in [0, 0.05) is 11.6 Å². The maximum atomic E-state index is 14.0. The Morgan fingerprint density at radius 3 is 2.44 bits per heavy atom. The van der Waals surface area contributed by atoms with Crippen LogP contribution >= 0.6 is 0 Å². The maximum Gasteiger partial charge on any atom is 0.128 e. The predicted molar refractivity (Wildman–Crippen MR) is 65.0 cm³/mol. The lowest BCUT2D eigenvalue weighted by molar-refractivity contribution is 0.235. The highest BCUT2D eigenvalue weighted by Gasteiger charge is 2.30. The van der Waals surface area contributed by atoms with Crippen molar-refractivity contribution in [1.82, 2.24) is 5.32 Å². The summed E-state index contributed by atoms with van der Waals surface area (Å²) in [5.41, 5.74) is 2.95. The number of halogens is 1. The van der Waals surface area contributed by atoms with Gasteiger partial charge in [-0.1, -0.05) is 12.5 Å². The molecule has 1 nitrogen and oxygen atoms in total. The number of benzene rings is 1. The van der Waals surface area contributed by atoms with E-state index in [1.54, 1.807) is 6.07 Å². The molecule has 1 atom stereocenters. The smallest absolute Gasteiger partial charge is 0.128 e. The van der Waals surface area contributed by atoms with Gasteiger partial charge in [0.15, 0.2) is 0 Å². The number of rotatable bonds is 3. The lowest BCUT2D eigenvalue weighted by atomic mass is 9.76. The van der Waals surface area contributed by atoms with Crippen LogP contribution in [0.1, 0.15) is 42.0 Å². The third-order valence-corrected chi connectivity index (χ3v) is 3.72. The van der Waals surface area contributed by atoms with Gasteiger partial charge in [-0.2, -0.15) is 0 Å². The normalized spacial score (nSPS) is 18.2. The Labute approximate surface area is 97.1 Å². The van der Waals surface area contributed by atoms with Crippen molar-refractivity contribution in [1.29, 1.82) is 0 Å². The van der Waals surface area contributed by atoms with Crippen LogP contribution in [0.3, 0.4) is 0 Å². The summed E-state index contributed by atoms with van der Waals surface area (Å²) in [5, 5.41) is 3.28. The van der Waals surface area contributed by atoms with Crippen LogP contribution in [0.5, 0.6) is 0 Å². The molecule has 0 spiro atoms. The topological polar surface area (TPSA) is 12.0 Å². The first kappa shape index (κ1) is 11.6. The van der Waals surface area contributed by atoms with Gasteiger partial charge < -0.3 is 5.32 Å². The van der Waals surface area contributed by atoms with E-state index in [9.17, 15) is 4.39 Å². The number of hydrogen-bond donors (Lipinski definition) is 1. The van der Waals surface area contributed by atoms with E-state index in [4.69, 9.17) is 0 Å². The molecule has 1 aromatic carbocycles. The molecule has 0 aromatic heterocycles. The van der Waals surface area contributed by atoms with E-state index < -0.39 is 0 Å². The molecule has 1 aliphatic carbocycles. The quantitative estimate of drug-likeness (QED) is 0.823. The van der Waals surface area contributed by atoms with Gasteiger partial charge in [-0.05, 0) is 56.8 Å². The molecule has 0 aliphatic heterocycles. The summed E-state index contributed by atoms with van der Waals surface area (Å²) < 4.78 is 14.0. The first-order valence-electron chi connectivity index (χ1n) is 6.07. The molecule has 1 fully saturated rings. The average molecular weight is 221 g/mol. The minimum Gasteiger partial charge on any atom is -0.313 e. The van der Waals surface area contributed by atoms with E-state index >= 15 is 0 Å². The second kappa shape index (κ2) is 4.54. The van der Waals surface area contributed by atoms with Crippen molar-refractivity contribution in [3.8, 4) is 0 Å². The lowest BCUT2D eigenvalue weighted by Crippen LogP contribution is -2.31. The van der Waals surface area contributed by atoms with Crippen LogP contribution in [0, 0.1) is 25.6 Å². The van der Waals surface area contributed by atoms with Gasteiger partial charge >= 0.3 is 0 Å². The van der Waals surface area contributed by atoms with Crippen LogP contribution in [0.25, 0.3) is 0 Å². The van der Waals surface area contributed by atoms with Gasteiger partial charge in [-0.15, -0.1) is 0 Å². The Morgan fingerprint density at radius 2 is 2.00 bits per heavy atom. The first-order valence-corrected chi connectivity index (χ1v) is 6.07. The largest absolute Gasteiger partial charge is 0.313 e. The van der Waals surface area contributed by atoms with Crippen molar-refractivity contribution in [2.45, 2.75) is 39.2 Å². The predicted octanol–water partition coefficient (Wildman–Crippen LogP) is 3.50. The monoisotopic (exact) mass is 221 g/mol. The van der Waals surface area contributed by atoms with Crippen LogP contribution in [-0.4, -0.2) is 7.05 Å². The molecule has 0 heterocycles. The molecule has 1 N–H and O–H groups in total. The molecule has 2 heteroatoms. The summed E-state index contributed by atoms with van der Waals surface area (Å²) in [4.78, 5) is 0. The van der Waals surface area contributed by atoms with Gasteiger partial charge in [0.2, 0.25) is 0 Å². The molecule has 0 saturated heterocycles. The molecule has 0 amide bonds. The van der Waals surface area contributed by atoms with Crippen molar-refractivity contribution in [2.24, 2.45) is 5.92 Å².